The molecule has 0 fully saturated rings. The van der Waals surface area contributed by atoms with Crippen molar-refractivity contribution in [3.8, 4) is 67.1 Å². The SMILES string of the molecule is CC1(C)c2ccccc2-c2c1ccc1c2Oc2c(cccc2-c2ccc(N(c3ccc(-c4ccccc4)cc3)c3ccc(-c4cccc5c4Sc4c(ccc6c4-c4ccccc4C6(C)C)S5)cc3)cc2)S1. The fraction of sp³-hybridized carbons (Fsp3) is 0.0909. The van der Waals surface area contributed by atoms with Crippen molar-refractivity contribution in [2.75, 3.05) is 4.90 Å². The highest BCUT2D eigenvalue weighted by Crippen LogP contribution is 2.62. The molecule has 4 aliphatic rings. The fourth-order valence-electron chi connectivity index (χ4n) is 11.6. The maximum atomic E-state index is 7.13. The molecule has 340 valence electrons. The number of hydrogen-bond donors (Lipinski definition) is 0. The standard InChI is InChI=1S/C66H47NOS3/c1-65(2)51-20-10-8-16-49(51)59-53(65)36-38-56-62(59)68-61-47(18-12-22-55(61)69-56)42-26-32-45(33-27-42)67(44-30-24-41(25-31-44)40-14-6-5-7-15-40)46-34-28-43(29-35-46)48-19-13-23-57-63(48)71-64-58(70-57)39-37-54-60(64)50-17-9-11-21-52(50)66(54,3)4/h5-39H,1-4H3. The van der Waals surface area contributed by atoms with Crippen LogP contribution in [0.3, 0.4) is 0 Å². The number of benzene rings is 10. The molecule has 2 aliphatic heterocycles. The van der Waals surface area contributed by atoms with E-state index in [-0.39, 0.29) is 10.8 Å². The normalized spacial score (nSPS) is 14.6. The summed E-state index contributed by atoms with van der Waals surface area (Å²) in [7, 11) is 0. The van der Waals surface area contributed by atoms with Crippen LogP contribution >= 0.6 is 35.3 Å². The monoisotopic (exact) mass is 965 g/mol. The van der Waals surface area contributed by atoms with Gasteiger partial charge in [0.2, 0.25) is 0 Å². The topological polar surface area (TPSA) is 12.5 Å². The number of ether oxygens (including phenoxy) is 1. The molecule has 0 saturated heterocycles. The molecule has 0 spiro atoms. The van der Waals surface area contributed by atoms with Crippen molar-refractivity contribution in [1.29, 1.82) is 0 Å². The first-order valence-corrected chi connectivity index (χ1v) is 26.8. The highest BCUT2D eigenvalue weighted by molar-refractivity contribution is 8.05. The van der Waals surface area contributed by atoms with Crippen LogP contribution < -0.4 is 9.64 Å². The number of para-hydroxylation sites is 1. The first kappa shape index (κ1) is 42.7. The third kappa shape index (κ3) is 6.67. The number of hydrogen-bond acceptors (Lipinski definition) is 5. The zero-order valence-corrected chi connectivity index (χ0v) is 42.2. The van der Waals surface area contributed by atoms with Gasteiger partial charge in [0.25, 0.3) is 0 Å². The average molecular weight is 966 g/mol. The van der Waals surface area contributed by atoms with Gasteiger partial charge in [-0.15, -0.1) is 0 Å². The second kappa shape index (κ2) is 16.2. The van der Waals surface area contributed by atoms with Crippen molar-refractivity contribution >= 4 is 52.3 Å². The summed E-state index contributed by atoms with van der Waals surface area (Å²) in [6, 6.07) is 78.2. The molecule has 2 heterocycles. The Hall–Kier alpha value is -7.15. The van der Waals surface area contributed by atoms with Crippen LogP contribution in [0.25, 0.3) is 55.6 Å². The van der Waals surface area contributed by atoms with Crippen LogP contribution in [0.15, 0.2) is 242 Å². The van der Waals surface area contributed by atoms with Gasteiger partial charge >= 0.3 is 0 Å². The van der Waals surface area contributed by atoms with Crippen molar-refractivity contribution in [3.05, 3.63) is 235 Å². The summed E-state index contributed by atoms with van der Waals surface area (Å²) in [6.45, 7) is 9.39. The molecule has 0 unspecified atom stereocenters. The number of fused-ring (bicyclic) bond motifs is 12. The van der Waals surface area contributed by atoms with E-state index < -0.39 is 0 Å². The predicted molar refractivity (Wildman–Crippen MR) is 298 cm³/mol. The van der Waals surface area contributed by atoms with Crippen LogP contribution in [0.5, 0.6) is 11.5 Å². The summed E-state index contributed by atoms with van der Waals surface area (Å²) in [5.74, 6) is 1.88. The summed E-state index contributed by atoms with van der Waals surface area (Å²) in [5, 5.41) is 0. The van der Waals surface area contributed by atoms with Gasteiger partial charge < -0.3 is 9.64 Å². The average Bonchev–Trinajstić information content (AvgIpc) is 3.80. The van der Waals surface area contributed by atoms with E-state index in [1.165, 1.54) is 86.3 Å². The molecule has 14 rings (SSSR count). The van der Waals surface area contributed by atoms with E-state index in [9.17, 15) is 0 Å². The highest BCUT2D eigenvalue weighted by atomic mass is 32.2. The second-order valence-electron chi connectivity index (χ2n) is 20.0. The Kier molecular flexibility index (Phi) is 9.74. The molecule has 0 radical (unpaired) electrons. The van der Waals surface area contributed by atoms with E-state index in [2.05, 4.69) is 245 Å². The Bertz CT molecular complexity index is 3590. The van der Waals surface area contributed by atoms with E-state index in [1.54, 1.807) is 11.8 Å². The first-order valence-electron chi connectivity index (χ1n) is 24.4. The van der Waals surface area contributed by atoms with Gasteiger partial charge in [-0.25, -0.2) is 0 Å². The molecular formula is C66H47NOS3. The van der Waals surface area contributed by atoms with Gasteiger partial charge in [0.05, 0.1) is 9.79 Å². The molecule has 5 heteroatoms. The number of anilines is 3. The molecule has 0 saturated carbocycles. The third-order valence-corrected chi connectivity index (χ3v) is 19.0. The van der Waals surface area contributed by atoms with E-state index in [1.807, 2.05) is 23.5 Å². The Labute approximate surface area is 428 Å². The molecule has 0 atom stereocenters. The van der Waals surface area contributed by atoms with Gasteiger partial charge in [-0.05, 0) is 122 Å². The van der Waals surface area contributed by atoms with E-state index in [4.69, 9.17) is 4.74 Å². The fourth-order valence-corrected chi connectivity index (χ4v) is 15.2. The van der Waals surface area contributed by atoms with Crippen LogP contribution in [-0.2, 0) is 10.8 Å². The van der Waals surface area contributed by atoms with Crippen molar-refractivity contribution in [2.45, 2.75) is 67.9 Å². The van der Waals surface area contributed by atoms with Crippen molar-refractivity contribution in [3.63, 3.8) is 0 Å². The lowest BCUT2D eigenvalue weighted by atomic mass is 9.82. The van der Waals surface area contributed by atoms with Crippen LogP contribution in [0, 0.1) is 0 Å². The van der Waals surface area contributed by atoms with E-state index >= 15 is 0 Å². The minimum Gasteiger partial charge on any atom is -0.454 e. The second-order valence-corrected chi connectivity index (χ2v) is 23.2. The van der Waals surface area contributed by atoms with Crippen molar-refractivity contribution < 1.29 is 4.74 Å². The Balaban J connectivity index is 0.819. The molecule has 0 bridgehead atoms. The van der Waals surface area contributed by atoms with Crippen LogP contribution in [0.1, 0.15) is 49.9 Å². The number of nitrogens with zero attached hydrogens (tertiary/aromatic N) is 1. The van der Waals surface area contributed by atoms with Gasteiger partial charge in [-0.3, -0.25) is 0 Å². The Morgan fingerprint density at radius 2 is 0.761 bits per heavy atom. The first-order chi connectivity index (χ1) is 34.7. The summed E-state index contributed by atoms with van der Waals surface area (Å²) in [6.07, 6.45) is 0. The van der Waals surface area contributed by atoms with Gasteiger partial charge in [0.15, 0.2) is 0 Å². The van der Waals surface area contributed by atoms with E-state index in [0.717, 1.165) is 49.5 Å². The van der Waals surface area contributed by atoms with Crippen molar-refractivity contribution in [1.82, 2.24) is 0 Å². The van der Waals surface area contributed by atoms with Crippen LogP contribution in [0.2, 0.25) is 0 Å². The zero-order valence-electron chi connectivity index (χ0n) is 39.8. The maximum absolute atomic E-state index is 7.13. The van der Waals surface area contributed by atoms with Crippen LogP contribution in [0.4, 0.5) is 17.1 Å². The molecule has 0 aromatic heterocycles. The lowest BCUT2D eigenvalue weighted by Gasteiger charge is -2.27. The van der Waals surface area contributed by atoms with Gasteiger partial charge in [0.1, 0.15) is 11.5 Å². The minimum atomic E-state index is -0.100. The summed E-state index contributed by atoms with van der Waals surface area (Å²) < 4.78 is 7.13. The molecule has 2 aliphatic carbocycles. The van der Waals surface area contributed by atoms with Crippen molar-refractivity contribution in [2.24, 2.45) is 0 Å². The molecule has 0 N–H and O–H groups in total. The number of rotatable bonds is 6. The largest absolute Gasteiger partial charge is 0.454 e. The summed E-state index contributed by atoms with van der Waals surface area (Å²) in [5.41, 5.74) is 20.9. The third-order valence-electron chi connectivity index (χ3n) is 15.2. The smallest absolute Gasteiger partial charge is 0.149 e. The highest BCUT2D eigenvalue weighted by Gasteiger charge is 2.41. The predicted octanol–water partition coefficient (Wildman–Crippen LogP) is 19.6. The van der Waals surface area contributed by atoms with Gasteiger partial charge in [-0.1, -0.05) is 215 Å². The van der Waals surface area contributed by atoms with E-state index in [0.29, 0.717) is 0 Å². The molecular weight excluding hydrogens is 919 g/mol. The lowest BCUT2D eigenvalue weighted by molar-refractivity contribution is 0.457. The molecule has 10 aromatic carbocycles. The zero-order chi connectivity index (χ0) is 47.6. The van der Waals surface area contributed by atoms with Gasteiger partial charge in [-0.2, -0.15) is 0 Å². The van der Waals surface area contributed by atoms with Gasteiger partial charge in [0, 0.05) is 64.2 Å². The quantitative estimate of drug-likeness (QED) is 0.164. The Morgan fingerprint density at radius 3 is 1.41 bits per heavy atom. The molecule has 2 nitrogen and oxygen atoms in total. The molecule has 0 amide bonds. The summed E-state index contributed by atoms with van der Waals surface area (Å²) in [4.78, 5) is 10.00. The maximum Gasteiger partial charge on any atom is 0.149 e. The minimum absolute atomic E-state index is 0.0384. The summed E-state index contributed by atoms with van der Waals surface area (Å²) >= 11 is 5.65. The molecule has 71 heavy (non-hydrogen) atoms. The molecule has 10 aromatic rings. The van der Waals surface area contributed by atoms with Crippen LogP contribution in [-0.4, -0.2) is 0 Å². The lowest BCUT2D eigenvalue weighted by Crippen LogP contribution is -2.15. The Morgan fingerprint density at radius 1 is 0.310 bits per heavy atom.